The van der Waals surface area contributed by atoms with Gasteiger partial charge < -0.3 is 25.4 Å². The van der Waals surface area contributed by atoms with Crippen molar-refractivity contribution in [3.8, 4) is 0 Å². The molecule has 9 heteroatoms. The van der Waals surface area contributed by atoms with Crippen LogP contribution in [-0.2, 0) is 19.1 Å². The fourth-order valence-corrected chi connectivity index (χ4v) is 7.62. The van der Waals surface area contributed by atoms with Gasteiger partial charge in [0.05, 0.1) is 30.6 Å². The number of likely N-dealkylation sites (tertiary alicyclic amines) is 1. The number of anilines is 1. The number of benzene rings is 2. The first-order chi connectivity index (χ1) is 18.3. The molecular weight excluding hydrogens is 550 g/mol. The number of carbonyl (C=O) groups is 3. The number of alkyl halides is 1. The topological polar surface area (TPSA) is 108 Å². The van der Waals surface area contributed by atoms with Crippen LogP contribution in [0.25, 0.3) is 10.8 Å². The van der Waals surface area contributed by atoms with Gasteiger partial charge in [0.2, 0.25) is 17.7 Å². The molecule has 8 nitrogen and oxygen atoms in total. The molecule has 3 unspecified atom stereocenters. The molecular formula is C29H36BrN3O5. The molecule has 3 saturated heterocycles. The summed E-state index contributed by atoms with van der Waals surface area (Å²) in [6.07, 6.45) is 1.41. The quantitative estimate of drug-likeness (QED) is 0.391. The van der Waals surface area contributed by atoms with Gasteiger partial charge in [-0.15, -0.1) is 0 Å². The highest BCUT2D eigenvalue weighted by molar-refractivity contribution is 9.09. The highest BCUT2D eigenvalue weighted by atomic mass is 79.9. The predicted molar refractivity (Wildman–Crippen MR) is 149 cm³/mol. The Morgan fingerprint density at radius 2 is 1.92 bits per heavy atom. The van der Waals surface area contributed by atoms with E-state index in [0.29, 0.717) is 18.7 Å². The van der Waals surface area contributed by atoms with Crippen molar-refractivity contribution in [3.05, 3.63) is 42.5 Å². The number of fused-ring (bicyclic) bond motifs is 2. The molecule has 1 spiro atoms. The molecule has 3 aliphatic heterocycles. The highest BCUT2D eigenvalue weighted by Crippen LogP contribution is 2.60. The molecule has 204 valence electrons. The van der Waals surface area contributed by atoms with Gasteiger partial charge >= 0.3 is 0 Å². The molecule has 3 N–H and O–H groups in total. The van der Waals surface area contributed by atoms with Crippen LogP contribution in [0.2, 0.25) is 0 Å². The van der Waals surface area contributed by atoms with Gasteiger partial charge in [-0.05, 0) is 41.7 Å². The van der Waals surface area contributed by atoms with E-state index in [4.69, 9.17) is 4.74 Å². The average molecular weight is 587 g/mol. The van der Waals surface area contributed by atoms with E-state index in [9.17, 15) is 19.5 Å². The molecule has 3 heterocycles. The van der Waals surface area contributed by atoms with E-state index in [1.54, 1.807) is 0 Å². The number of ether oxygens (including phenoxy) is 1. The largest absolute Gasteiger partial charge is 0.394 e. The fraction of sp³-hybridized carbons (Fsp3) is 0.552. The fourth-order valence-electron chi connectivity index (χ4n) is 6.68. The second-order valence-corrected chi connectivity index (χ2v) is 12.1. The zero-order valence-electron chi connectivity index (χ0n) is 22.0. The van der Waals surface area contributed by atoms with E-state index in [1.165, 1.54) is 4.90 Å². The Hall–Kier alpha value is -2.49. The summed E-state index contributed by atoms with van der Waals surface area (Å²) in [4.78, 5) is 43.0. The van der Waals surface area contributed by atoms with Crippen molar-refractivity contribution in [2.45, 2.75) is 68.6 Å². The van der Waals surface area contributed by atoms with E-state index in [-0.39, 0.29) is 35.1 Å². The van der Waals surface area contributed by atoms with Crippen LogP contribution in [0.5, 0.6) is 0 Å². The molecule has 5 rings (SSSR count). The summed E-state index contributed by atoms with van der Waals surface area (Å²) in [5.41, 5.74) is -0.545. The SMILES string of the molecule is CCCNC(=O)[C@H]1[C@H]2C(=O)N([C@@H](CO)[C@@H](C)CC)C(C(=O)Nc3ccc4ccccc4c3)C23CC(Br)[C@@H]1O3. The molecule has 3 fully saturated rings. The lowest BCUT2D eigenvalue weighted by Gasteiger charge is -2.38. The van der Waals surface area contributed by atoms with Gasteiger partial charge in [-0.1, -0.05) is 73.5 Å². The second-order valence-electron chi connectivity index (χ2n) is 10.9. The van der Waals surface area contributed by atoms with Crippen molar-refractivity contribution < 1.29 is 24.2 Å². The molecule has 38 heavy (non-hydrogen) atoms. The first kappa shape index (κ1) is 27.1. The van der Waals surface area contributed by atoms with Crippen LogP contribution in [-0.4, -0.2) is 69.5 Å². The summed E-state index contributed by atoms with van der Waals surface area (Å²) in [5, 5.41) is 18.5. The Labute approximate surface area is 231 Å². The van der Waals surface area contributed by atoms with Gasteiger partial charge in [-0.2, -0.15) is 0 Å². The Kier molecular flexibility index (Phi) is 7.55. The number of halogens is 1. The summed E-state index contributed by atoms with van der Waals surface area (Å²) in [6, 6.07) is 12.0. The van der Waals surface area contributed by atoms with Crippen molar-refractivity contribution >= 4 is 50.1 Å². The average Bonchev–Trinajstić information content (AvgIpc) is 3.51. The van der Waals surface area contributed by atoms with E-state index in [2.05, 4.69) is 26.6 Å². The van der Waals surface area contributed by atoms with Crippen molar-refractivity contribution in [1.82, 2.24) is 10.2 Å². The summed E-state index contributed by atoms with van der Waals surface area (Å²) >= 11 is 3.69. The van der Waals surface area contributed by atoms with Crippen LogP contribution < -0.4 is 10.6 Å². The standard InChI is InChI=1S/C29H36BrN3O5/c1-4-12-31-26(35)22-23-28(37)33(21(15-34)16(3)5-2)25(29(23)14-20(30)24(22)38-29)27(36)32-19-11-10-17-8-6-7-9-18(17)13-19/h6-11,13,16,20-25,34H,4-5,12,14-15H2,1-3H3,(H,31,35)(H,32,36)/t16-,20?,21-,22-,23-,24-,25?,29?/m0/s1. The lowest BCUT2D eigenvalue weighted by Crippen LogP contribution is -2.57. The third kappa shape index (κ3) is 4.23. The number of hydrogen-bond donors (Lipinski definition) is 3. The zero-order chi connectivity index (χ0) is 27.2. The van der Waals surface area contributed by atoms with E-state index in [1.807, 2.05) is 63.2 Å². The van der Waals surface area contributed by atoms with Gasteiger partial charge in [-0.3, -0.25) is 14.4 Å². The Balaban J connectivity index is 1.55. The molecule has 0 aromatic heterocycles. The molecule has 8 atom stereocenters. The Bertz CT molecular complexity index is 1240. The number of nitrogens with one attached hydrogen (secondary N) is 2. The van der Waals surface area contributed by atoms with Crippen LogP contribution in [0.4, 0.5) is 5.69 Å². The Morgan fingerprint density at radius 3 is 2.61 bits per heavy atom. The summed E-state index contributed by atoms with van der Waals surface area (Å²) in [5.74, 6) is -2.43. The third-order valence-corrected chi connectivity index (χ3v) is 9.53. The van der Waals surface area contributed by atoms with Crippen molar-refractivity contribution in [2.24, 2.45) is 17.8 Å². The van der Waals surface area contributed by atoms with Gasteiger partial charge in [0.15, 0.2) is 0 Å². The first-order valence-electron chi connectivity index (χ1n) is 13.6. The Morgan fingerprint density at radius 1 is 1.18 bits per heavy atom. The minimum Gasteiger partial charge on any atom is -0.394 e. The van der Waals surface area contributed by atoms with Gasteiger partial charge in [-0.25, -0.2) is 0 Å². The number of aliphatic hydroxyl groups is 1. The van der Waals surface area contributed by atoms with E-state index < -0.39 is 35.6 Å². The number of rotatable bonds is 9. The normalized spacial score (nSPS) is 31.3. The van der Waals surface area contributed by atoms with E-state index in [0.717, 1.165) is 23.6 Å². The van der Waals surface area contributed by atoms with Crippen molar-refractivity contribution in [2.75, 3.05) is 18.5 Å². The second kappa shape index (κ2) is 10.6. The molecule has 2 aromatic carbocycles. The molecule has 3 aliphatic rings. The lowest BCUT2D eigenvalue weighted by atomic mass is 9.70. The minimum atomic E-state index is -1.16. The number of amides is 3. The van der Waals surface area contributed by atoms with Gasteiger partial charge in [0.25, 0.3) is 0 Å². The first-order valence-corrected chi connectivity index (χ1v) is 14.5. The maximum atomic E-state index is 14.2. The monoisotopic (exact) mass is 585 g/mol. The zero-order valence-corrected chi connectivity index (χ0v) is 23.6. The summed E-state index contributed by atoms with van der Waals surface area (Å²) < 4.78 is 6.55. The molecule has 2 bridgehead atoms. The molecule has 0 radical (unpaired) electrons. The molecule has 0 aliphatic carbocycles. The predicted octanol–water partition coefficient (Wildman–Crippen LogP) is 3.46. The smallest absolute Gasteiger partial charge is 0.250 e. The maximum absolute atomic E-state index is 14.2. The minimum absolute atomic E-state index is 0.0560. The van der Waals surface area contributed by atoms with Crippen molar-refractivity contribution in [1.29, 1.82) is 0 Å². The van der Waals surface area contributed by atoms with Crippen LogP contribution >= 0.6 is 15.9 Å². The van der Waals surface area contributed by atoms with Gasteiger partial charge in [0.1, 0.15) is 11.6 Å². The number of nitrogens with zero attached hydrogens (tertiary/aromatic N) is 1. The van der Waals surface area contributed by atoms with E-state index >= 15 is 0 Å². The molecule has 3 amide bonds. The summed E-state index contributed by atoms with van der Waals surface area (Å²) in [6.45, 7) is 6.16. The lowest BCUT2D eigenvalue weighted by molar-refractivity contribution is -0.145. The number of hydrogen-bond acceptors (Lipinski definition) is 5. The summed E-state index contributed by atoms with van der Waals surface area (Å²) in [7, 11) is 0. The number of aliphatic hydroxyl groups excluding tert-OH is 1. The van der Waals surface area contributed by atoms with Crippen LogP contribution in [0, 0.1) is 17.8 Å². The van der Waals surface area contributed by atoms with Crippen LogP contribution in [0.3, 0.4) is 0 Å². The van der Waals surface area contributed by atoms with Crippen molar-refractivity contribution in [3.63, 3.8) is 0 Å². The maximum Gasteiger partial charge on any atom is 0.250 e. The van der Waals surface area contributed by atoms with Crippen LogP contribution in [0.15, 0.2) is 42.5 Å². The van der Waals surface area contributed by atoms with Gasteiger partial charge in [0, 0.05) is 17.1 Å². The number of carbonyl (C=O) groups excluding carboxylic acids is 3. The highest BCUT2D eigenvalue weighted by Gasteiger charge is 2.77. The van der Waals surface area contributed by atoms with Crippen LogP contribution in [0.1, 0.15) is 40.0 Å². The third-order valence-electron chi connectivity index (χ3n) is 8.69. The molecule has 0 saturated carbocycles. The molecule has 2 aromatic rings.